The number of fused-ring (bicyclic) bond motifs is 1. The summed E-state index contributed by atoms with van der Waals surface area (Å²) in [6, 6.07) is 10.1. The molecule has 0 amide bonds. The van der Waals surface area contributed by atoms with Gasteiger partial charge in [0, 0.05) is 0 Å². The van der Waals surface area contributed by atoms with Gasteiger partial charge >= 0.3 is 0 Å². The molecule has 1 aliphatic rings. The molecule has 2 heterocycles. The lowest BCUT2D eigenvalue weighted by Gasteiger charge is -2.25. The average molecular weight is 228 g/mol. The summed E-state index contributed by atoms with van der Waals surface area (Å²) in [4.78, 5) is 14.8. The summed E-state index contributed by atoms with van der Waals surface area (Å²) in [7, 11) is 0. The molecule has 0 saturated heterocycles. The fourth-order valence-electron chi connectivity index (χ4n) is 2.12. The van der Waals surface area contributed by atoms with Crippen molar-refractivity contribution in [2.45, 2.75) is 19.3 Å². The van der Waals surface area contributed by atoms with Crippen LogP contribution in [0.5, 0.6) is 0 Å². The SMILES string of the molecule is O=Cc1ncn2c1CO[C@@H](c1ccccc1)C2. The van der Waals surface area contributed by atoms with Crippen molar-refractivity contribution in [2.24, 2.45) is 0 Å². The minimum absolute atomic E-state index is 0.0393. The Bertz CT molecular complexity index is 534. The van der Waals surface area contributed by atoms with Crippen LogP contribution in [0.1, 0.15) is 27.8 Å². The highest BCUT2D eigenvalue weighted by Gasteiger charge is 2.22. The molecule has 1 atom stereocenters. The maximum atomic E-state index is 10.8. The van der Waals surface area contributed by atoms with E-state index in [0.29, 0.717) is 18.8 Å². The third-order valence-corrected chi connectivity index (χ3v) is 3.05. The van der Waals surface area contributed by atoms with Gasteiger partial charge < -0.3 is 9.30 Å². The summed E-state index contributed by atoms with van der Waals surface area (Å²) in [5.74, 6) is 0. The molecule has 86 valence electrons. The largest absolute Gasteiger partial charge is 0.365 e. The second-order valence-electron chi connectivity index (χ2n) is 4.06. The standard InChI is InChI=1S/C13H12N2O2/c16-7-11-12-8-17-13(6-15(12)9-14-11)10-4-2-1-3-5-10/h1-5,7,9,13H,6,8H2/t13-/m1/s1. The minimum Gasteiger partial charge on any atom is -0.365 e. The van der Waals surface area contributed by atoms with E-state index in [-0.39, 0.29) is 6.10 Å². The van der Waals surface area contributed by atoms with Gasteiger partial charge in [0.25, 0.3) is 0 Å². The Kier molecular flexibility index (Phi) is 2.49. The van der Waals surface area contributed by atoms with Crippen LogP contribution in [0.2, 0.25) is 0 Å². The number of imidazole rings is 1. The quantitative estimate of drug-likeness (QED) is 0.738. The van der Waals surface area contributed by atoms with Gasteiger partial charge in [-0.15, -0.1) is 0 Å². The highest BCUT2D eigenvalue weighted by atomic mass is 16.5. The Balaban J connectivity index is 1.89. The molecule has 4 nitrogen and oxygen atoms in total. The number of nitrogens with zero attached hydrogens (tertiary/aromatic N) is 2. The predicted molar refractivity (Wildman–Crippen MR) is 61.6 cm³/mol. The number of carbonyl (C=O) groups excluding carboxylic acids is 1. The lowest BCUT2D eigenvalue weighted by atomic mass is 10.1. The number of carbonyl (C=O) groups is 1. The van der Waals surface area contributed by atoms with Crippen molar-refractivity contribution in [1.29, 1.82) is 0 Å². The third kappa shape index (κ3) is 1.76. The molecule has 0 bridgehead atoms. The van der Waals surface area contributed by atoms with E-state index in [1.54, 1.807) is 6.33 Å². The van der Waals surface area contributed by atoms with Crippen molar-refractivity contribution in [1.82, 2.24) is 9.55 Å². The zero-order valence-electron chi connectivity index (χ0n) is 9.24. The summed E-state index contributed by atoms with van der Waals surface area (Å²) in [6.45, 7) is 1.15. The topological polar surface area (TPSA) is 44.1 Å². The zero-order valence-corrected chi connectivity index (χ0v) is 9.24. The van der Waals surface area contributed by atoms with E-state index in [9.17, 15) is 4.79 Å². The van der Waals surface area contributed by atoms with Gasteiger partial charge in [-0.25, -0.2) is 4.98 Å². The number of hydrogen-bond donors (Lipinski definition) is 0. The van der Waals surface area contributed by atoms with Crippen LogP contribution < -0.4 is 0 Å². The fourth-order valence-corrected chi connectivity index (χ4v) is 2.12. The van der Waals surface area contributed by atoms with Crippen molar-refractivity contribution < 1.29 is 9.53 Å². The first-order valence-electron chi connectivity index (χ1n) is 5.54. The summed E-state index contributed by atoms with van der Waals surface area (Å²) in [6.07, 6.45) is 2.52. The lowest BCUT2D eigenvalue weighted by molar-refractivity contribution is 0.00275. The zero-order chi connectivity index (χ0) is 11.7. The summed E-state index contributed by atoms with van der Waals surface area (Å²) >= 11 is 0. The monoisotopic (exact) mass is 228 g/mol. The Morgan fingerprint density at radius 3 is 2.94 bits per heavy atom. The first kappa shape index (κ1) is 10.2. The number of aldehydes is 1. The molecule has 1 aliphatic heterocycles. The van der Waals surface area contributed by atoms with Crippen LogP contribution in [-0.4, -0.2) is 15.8 Å². The molecule has 0 saturated carbocycles. The van der Waals surface area contributed by atoms with Gasteiger partial charge in [-0.1, -0.05) is 30.3 Å². The molecule has 0 fully saturated rings. The Morgan fingerprint density at radius 1 is 1.35 bits per heavy atom. The third-order valence-electron chi connectivity index (χ3n) is 3.05. The highest BCUT2D eigenvalue weighted by molar-refractivity contribution is 5.73. The Morgan fingerprint density at radius 2 is 2.18 bits per heavy atom. The van der Waals surface area contributed by atoms with Crippen LogP contribution in [0.3, 0.4) is 0 Å². The molecule has 0 N–H and O–H groups in total. The van der Waals surface area contributed by atoms with E-state index >= 15 is 0 Å². The van der Waals surface area contributed by atoms with Crippen LogP contribution in [0.15, 0.2) is 36.7 Å². The first-order chi connectivity index (χ1) is 8.38. The molecule has 0 radical (unpaired) electrons. The number of benzene rings is 1. The lowest BCUT2D eigenvalue weighted by Crippen LogP contribution is -2.20. The van der Waals surface area contributed by atoms with Crippen molar-refractivity contribution in [3.63, 3.8) is 0 Å². The van der Waals surface area contributed by atoms with Crippen molar-refractivity contribution in [2.75, 3.05) is 0 Å². The Hall–Kier alpha value is -1.94. The summed E-state index contributed by atoms with van der Waals surface area (Å²) < 4.78 is 7.76. The maximum Gasteiger partial charge on any atom is 0.170 e. The van der Waals surface area contributed by atoms with E-state index in [2.05, 4.69) is 4.98 Å². The van der Waals surface area contributed by atoms with Crippen LogP contribution in [0, 0.1) is 0 Å². The molecule has 1 aromatic heterocycles. The summed E-state index contributed by atoms with van der Waals surface area (Å²) in [5, 5.41) is 0. The normalized spacial score (nSPS) is 18.7. The van der Waals surface area contributed by atoms with E-state index in [4.69, 9.17) is 4.74 Å². The number of hydrogen-bond acceptors (Lipinski definition) is 3. The van der Waals surface area contributed by atoms with E-state index < -0.39 is 0 Å². The van der Waals surface area contributed by atoms with E-state index in [1.807, 2.05) is 34.9 Å². The molecule has 17 heavy (non-hydrogen) atoms. The molecule has 0 unspecified atom stereocenters. The van der Waals surface area contributed by atoms with Crippen molar-refractivity contribution in [3.8, 4) is 0 Å². The predicted octanol–water partition coefficient (Wildman–Crippen LogP) is 1.97. The fraction of sp³-hybridized carbons (Fsp3) is 0.231. The molecule has 2 aromatic rings. The minimum atomic E-state index is 0.0393. The second-order valence-corrected chi connectivity index (χ2v) is 4.06. The molecule has 0 spiro atoms. The van der Waals surface area contributed by atoms with Gasteiger partial charge in [0.05, 0.1) is 25.2 Å². The number of ether oxygens (including phenoxy) is 1. The molecule has 3 rings (SSSR count). The summed E-state index contributed by atoms with van der Waals surface area (Å²) in [5.41, 5.74) is 2.50. The van der Waals surface area contributed by atoms with Crippen LogP contribution in [0.25, 0.3) is 0 Å². The van der Waals surface area contributed by atoms with Gasteiger partial charge in [0.1, 0.15) is 11.8 Å². The van der Waals surface area contributed by atoms with Crippen LogP contribution in [-0.2, 0) is 17.9 Å². The maximum absolute atomic E-state index is 10.8. The van der Waals surface area contributed by atoms with E-state index in [0.717, 1.165) is 17.5 Å². The van der Waals surface area contributed by atoms with Gasteiger partial charge in [-0.3, -0.25) is 4.79 Å². The molecule has 1 aromatic carbocycles. The molecule has 4 heteroatoms. The average Bonchev–Trinajstić information content (AvgIpc) is 2.81. The highest BCUT2D eigenvalue weighted by Crippen LogP contribution is 2.26. The molecular weight excluding hydrogens is 216 g/mol. The smallest absolute Gasteiger partial charge is 0.170 e. The van der Waals surface area contributed by atoms with Gasteiger partial charge in [-0.2, -0.15) is 0 Å². The molecule has 0 aliphatic carbocycles. The van der Waals surface area contributed by atoms with Crippen LogP contribution in [0.4, 0.5) is 0 Å². The van der Waals surface area contributed by atoms with Crippen molar-refractivity contribution >= 4 is 6.29 Å². The van der Waals surface area contributed by atoms with Crippen molar-refractivity contribution in [3.05, 3.63) is 53.6 Å². The molecular formula is C13H12N2O2. The van der Waals surface area contributed by atoms with Gasteiger partial charge in [-0.05, 0) is 5.56 Å². The van der Waals surface area contributed by atoms with Gasteiger partial charge in [0.2, 0.25) is 0 Å². The number of aromatic nitrogens is 2. The second kappa shape index (κ2) is 4.14. The van der Waals surface area contributed by atoms with E-state index in [1.165, 1.54) is 0 Å². The first-order valence-corrected chi connectivity index (χ1v) is 5.54. The van der Waals surface area contributed by atoms with Crippen LogP contribution >= 0.6 is 0 Å². The Labute approximate surface area is 98.9 Å². The number of rotatable bonds is 2. The van der Waals surface area contributed by atoms with Gasteiger partial charge in [0.15, 0.2) is 6.29 Å².